The molecule has 1 heterocycles. The third kappa shape index (κ3) is 3.39. The van der Waals surface area contributed by atoms with Crippen LogP contribution < -0.4 is 5.73 Å². The Bertz CT molecular complexity index is 267. The van der Waals surface area contributed by atoms with Crippen LogP contribution in [0.2, 0.25) is 0 Å². The number of hydrogen-bond donors (Lipinski definition) is 1. The maximum atomic E-state index is 12.0. The summed E-state index contributed by atoms with van der Waals surface area (Å²) in [5.74, 6) is 0.165. The highest BCUT2D eigenvalue weighted by Crippen LogP contribution is 2.44. The Hall–Kier alpha value is -0.280. The van der Waals surface area contributed by atoms with Crippen molar-refractivity contribution in [3.05, 3.63) is 0 Å². The van der Waals surface area contributed by atoms with Crippen LogP contribution in [0.25, 0.3) is 0 Å². The molecule has 3 nitrogen and oxygen atoms in total. The quantitative estimate of drug-likeness (QED) is 0.842. The molecule has 1 amide bonds. The summed E-state index contributed by atoms with van der Waals surface area (Å²) in [6.45, 7) is 3.86. The first-order valence-electron chi connectivity index (χ1n) is 7.21. The predicted molar refractivity (Wildman–Crippen MR) is 76.8 cm³/mol. The zero-order valence-corrected chi connectivity index (χ0v) is 12.3. The monoisotopic (exact) mass is 274 g/mol. The molecule has 1 saturated heterocycles. The lowest BCUT2D eigenvalue weighted by molar-refractivity contribution is -0.135. The van der Waals surface area contributed by atoms with Gasteiger partial charge in [-0.25, -0.2) is 0 Å². The molecule has 18 heavy (non-hydrogen) atoms. The Kier molecular flexibility index (Phi) is 5.93. The van der Waals surface area contributed by atoms with Gasteiger partial charge in [0.2, 0.25) is 5.91 Å². The standard InChI is InChI=1S/C14H26N2O.ClH/c1-2-12(15)13(17)16-10-8-14(9-11-16)6-4-3-5-7-14;/h12H,2-11,15H2,1H3;1H/t12-;/m0./s1. The number of hydrogen-bond acceptors (Lipinski definition) is 2. The van der Waals surface area contributed by atoms with Gasteiger partial charge in [-0.3, -0.25) is 4.79 Å². The summed E-state index contributed by atoms with van der Waals surface area (Å²) in [5, 5.41) is 0. The van der Waals surface area contributed by atoms with Gasteiger partial charge in [0.05, 0.1) is 6.04 Å². The molecule has 4 heteroatoms. The molecule has 1 saturated carbocycles. The topological polar surface area (TPSA) is 46.3 Å². The van der Waals surface area contributed by atoms with Crippen LogP contribution >= 0.6 is 12.4 Å². The van der Waals surface area contributed by atoms with Crippen molar-refractivity contribution in [2.75, 3.05) is 13.1 Å². The molecule has 0 radical (unpaired) electrons. The fourth-order valence-corrected chi connectivity index (χ4v) is 3.41. The van der Waals surface area contributed by atoms with Crippen molar-refractivity contribution in [3.8, 4) is 0 Å². The van der Waals surface area contributed by atoms with Gasteiger partial charge >= 0.3 is 0 Å². The van der Waals surface area contributed by atoms with E-state index in [1.54, 1.807) is 0 Å². The fraction of sp³-hybridized carbons (Fsp3) is 0.929. The van der Waals surface area contributed by atoms with Crippen LogP contribution in [0.15, 0.2) is 0 Å². The van der Waals surface area contributed by atoms with Gasteiger partial charge in [0.15, 0.2) is 0 Å². The molecular weight excluding hydrogens is 248 g/mol. The summed E-state index contributed by atoms with van der Waals surface area (Å²) in [6.07, 6.45) is 10.1. The van der Waals surface area contributed by atoms with Gasteiger partial charge in [-0.1, -0.05) is 26.2 Å². The van der Waals surface area contributed by atoms with Gasteiger partial charge in [-0.05, 0) is 37.5 Å². The summed E-state index contributed by atoms with van der Waals surface area (Å²) in [6, 6.07) is -0.282. The van der Waals surface area contributed by atoms with Gasteiger partial charge < -0.3 is 10.6 Å². The van der Waals surface area contributed by atoms with Crippen molar-refractivity contribution in [1.29, 1.82) is 0 Å². The second-order valence-corrected chi connectivity index (χ2v) is 5.90. The van der Waals surface area contributed by atoms with Crippen LogP contribution in [0.3, 0.4) is 0 Å². The Labute approximate surface area is 117 Å². The Morgan fingerprint density at radius 3 is 2.22 bits per heavy atom. The van der Waals surface area contributed by atoms with Crippen molar-refractivity contribution in [1.82, 2.24) is 4.90 Å². The van der Waals surface area contributed by atoms with Gasteiger partial charge in [-0.15, -0.1) is 12.4 Å². The highest BCUT2D eigenvalue weighted by Gasteiger charge is 2.37. The van der Waals surface area contributed by atoms with E-state index in [1.165, 1.54) is 44.9 Å². The molecule has 2 rings (SSSR count). The second kappa shape index (κ2) is 6.76. The average Bonchev–Trinajstić information content (AvgIpc) is 2.39. The van der Waals surface area contributed by atoms with Crippen LogP contribution in [-0.2, 0) is 4.79 Å². The minimum atomic E-state index is -0.282. The summed E-state index contributed by atoms with van der Waals surface area (Å²) in [5.41, 5.74) is 6.40. The van der Waals surface area contributed by atoms with Gasteiger partial charge in [-0.2, -0.15) is 0 Å². The van der Waals surface area contributed by atoms with E-state index in [1.807, 2.05) is 11.8 Å². The molecule has 0 unspecified atom stereocenters. The van der Waals surface area contributed by atoms with E-state index >= 15 is 0 Å². The minimum absolute atomic E-state index is 0. The zero-order valence-electron chi connectivity index (χ0n) is 11.5. The van der Waals surface area contributed by atoms with E-state index in [0.717, 1.165) is 19.5 Å². The number of amides is 1. The van der Waals surface area contributed by atoms with Gasteiger partial charge in [0.1, 0.15) is 0 Å². The smallest absolute Gasteiger partial charge is 0.239 e. The van der Waals surface area contributed by atoms with Gasteiger partial charge in [0, 0.05) is 13.1 Å². The van der Waals surface area contributed by atoms with Crippen molar-refractivity contribution in [3.63, 3.8) is 0 Å². The molecule has 1 spiro atoms. The number of rotatable bonds is 2. The van der Waals surface area contributed by atoms with Crippen molar-refractivity contribution < 1.29 is 4.79 Å². The van der Waals surface area contributed by atoms with E-state index < -0.39 is 0 Å². The van der Waals surface area contributed by atoms with Crippen molar-refractivity contribution in [2.45, 2.75) is 64.3 Å². The normalized spacial score (nSPS) is 24.4. The third-order valence-electron chi connectivity index (χ3n) is 4.81. The summed E-state index contributed by atoms with van der Waals surface area (Å²) in [4.78, 5) is 14.0. The highest BCUT2D eigenvalue weighted by molar-refractivity contribution is 5.85. The highest BCUT2D eigenvalue weighted by atomic mass is 35.5. The van der Waals surface area contributed by atoms with Gasteiger partial charge in [0.25, 0.3) is 0 Å². The molecule has 2 fully saturated rings. The third-order valence-corrected chi connectivity index (χ3v) is 4.81. The fourth-order valence-electron chi connectivity index (χ4n) is 3.41. The van der Waals surface area contributed by atoms with Crippen LogP contribution in [-0.4, -0.2) is 29.9 Å². The number of nitrogens with two attached hydrogens (primary N) is 1. The lowest BCUT2D eigenvalue weighted by Crippen LogP contribution is -2.49. The predicted octanol–water partition coefficient (Wildman–Crippen LogP) is 2.72. The number of piperidine rings is 1. The van der Waals surface area contributed by atoms with Crippen LogP contribution in [0.4, 0.5) is 0 Å². The van der Waals surface area contributed by atoms with E-state index in [-0.39, 0.29) is 24.4 Å². The first kappa shape index (κ1) is 15.8. The molecule has 0 aromatic rings. The molecule has 0 aromatic heterocycles. The Balaban J connectivity index is 0.00000162. The van der Waals surface area contributed by atoms with Crippen molar-refractivity contribution in [2.24, 2.45) is 11.1 Å². The molecule has 2 aliphatic rings. The molecule has 106 valence electrons. The molecule has 2 N–H and O–H groups in total. The Morgan fingerprint density at radius 2 is 1.72 bits per heavy atom. The Morgan fingerprint density at radius 1 is 1.17 bits per heavy atom. The molecular formula is C14H27ClN2O. The maximum Gasteiger partial charge on any atom is 0.239 e. The summed E-state index contributed by atoms with van der Waals surface area (Å²) in [7, 11) is 0. The number of halogens is 1. The molecule has 1 aliphatic carbocycles. The van der Waals surface area contributed by atoms with Crippen LogP contribution in [0, 0.1) is 5.41 Å². The lowest BCUT2D eigenvalue weighted by Gasteiger charge is -2.44. The van der Waals surface area contributed by atoms with Crippen LogP contribution in [0.1, 0.15) is 58.3 Å². The summed E-state index contributed by atoms with van der Waals surface area (Å²) < 4.78 is 0. The van der Waals surface area contributed by atoms with E-state index in [2.05, 4.69) is 0 Å². The second-order valence-electron chi connectivity index (χ2n) is 5.90. The van der Waals surface area contributed by atoms with E-state index in [4.69, 9.17) is 5.73 Å². The molecule has 1 aliphatic heterocycles. The number of likely N-dealkylation sites (tertiary alicyclic amines) is 1. The van der Waals surface area contributed by atoms with Crippen LogP contribution in [0.5, 0.6) is 0 Å². The number of nitrogens with zero attached hydrogens (tertiary/aromatic N) is 1. The zero-order chi connectivity index (χ0) is 12.3. The average molecular weight is 275 g/mol. The first-order chi connectivity index (χ1) is 8.17. The summed E-state index contributed by atoms with van der Waals surface area (Å²) >= 11 is 0. The largest absolute Gasteiger partial charge is 0.341 e. The minimum Gasteiger partial charge on any atom is -0.341 e. The molecule has 0 aromatic carbocycles. The molecule has 1 atom stereocenters. The van der Waals surface area contributed by atoms with E-state index in [9.17, 15) is 4.79 Å². The lowest BCUT2D eigenvalue weighted by atomic mass is 9.68. The number of carbonyl (C=O) groups is 1. The van der Waals surface area contributed by atoms with E-state index in [0.29, 0.717) is 5.41 Å². The number of carbonyl (C=O) groups excluding carboxylic acids is 1. The first-order valence-corrected chi connectivity index (χ1v) is 7.21. The van der Waals surface area contributed by atoms with Crippen molar-refractivity contribution >= 4 is 18.3 Å². The molecule has 0 bridgehead atoms. The maximum absolute atomic E-state index is 12.0. The SMILES string of the molecule is CC[C@H](N)C(=O)N1CCC2(CCCCC2)CC1.Cl.